The lowest BCUT2D eigenvalue weighted by Crippen LogP contribution is -2.43. The van der Waals surface area contributed by atoms with E-state index in [1.165, 1.54) is 23.3 Å². The lowest BCUT2D eigenvalue weighted by molar-refractivity contribution is 0.0327. The lowest BCUT2D eigenvalue weighted by atomic mass is 9.99. The minimum atomic E-state index is 0.0953. The SMILES string of the molecule is N#CCCN(CCN1CCOCC1)C(=O)c1cc2c(s1)CCCC2. The Hall–Kier alpha value is -1.42. The molecule has 2 heterocycles. The first kappa shape index (κ1) is 17.4. The molecule has 0 saturated carbocycles. The number of nitrogens with zero attached hydrogens (tertiary/aromatic N) is 3. The van der Waals surface area contributed by atoms with Gasteiger partial charge >= 0.3 is 0 Å². The molecule has 5 nitrogen and oxygen atoms in total. The second-order valence-electron chi connectivity index (χ2n) is 6.42. The first-order valence-electron chi connectivity index (χ1n) is 8.86. The van der Waals surface area contributed by atoms with Crippen LogP contribution in [0.1, 0.15) is 39.4 Å². The molecule has 0 aromatic carbocycles. The van der Waals surface area contributed by atoms with Crippen LogP contribution < -0.4 is 0 Å². The van der Waals surface area contributed by atoms with Crippen LogP contribution in [0.5, 0.6) is 0 Å². The van der Waals surface area contributed by atoms with Crippen molar-refractivity contribution in [3.63, 3.8) is 0 Å². The van der Waals surface area contributed by atoms with Crippen molar-refractivity contribution in [1.29, 1.82) is 5.26 Å². The molecule has 1 aromatic heterocycles. The van der Waals surface area contributed by atoms with Gasteiger partial charge in [-0.3, -0.25) is 9.69 Å². The highest BCUT2D eigenvalue weighted by Gasteiger charge is 2.22. The molecule has 1 fully saturated rings. The van der Waals surface area contributed by atoms with Crippen LogP contribution in [0.4, 0.5) is 0 Å². The van der Waals surface area contributed by atoms with Gasteiger partial charge in [-0.1, -0.05) is 0 Å². The highest BCUT2D eigenvalue weighted by molar-refractivity contribution is 7.14. The van der Waals surface area contributed by atoms with Crippen LogP contribution in [-0.4, -0.2) is 61.6 Å². The quantitative estimate of drug-likeness (QED) is 0.792. The Kier molecular flexibility index (Phi) is 6.24. The van der Waals surface area contributed by atoms with Crippen LogP contribution in [0.25, 0.3) is 0 Å². The number of ether oxygens (including phenoxy) is 1. The number of morpholine rings is 1. The van der Waals surface area contributed by atoms with Crippen LogP contribution in [-0.2, 0) is 17.6 Å². The largest absolute Gasteiger partial charge is 0.379 e. The Labute approximate surface area is 147 Å². The number of fused-ring (bicyclic) bond motifs is 1. The molecular formula is C18H25N3O2S. The summed E-state index contributed by atoms with van der Waals surface area (Å²) in [4.78, 5) is 19.3. The number of rotatable bonds is 6. The maximum atomic E-state index is 12.9. The maximum Gasteiger partial charge on any atom is 0.264 e. The number of nitriles is 1. The van der Waals surface area contributed by atoms with Crippen LogP contribution in [0.3, 0.4) is 0 Å². The first-order valence-corrected chi connectivity index (χ1v) is 9.67. The van der Waals surface area contributed by atoms with E-state index in [1.807, 2.05) is 4.90 Å². The standard InChI is InChI=1S/C18H25N3O2S/c19-6-3-7-21(9-8-20-10-12-23-13-11-20)18(22)17-14-15-4-1-2-5-16(15)24-17/h14H,1-5,7-13H2. The van der Waals surface area contributed by atoms with Crippen LogP contribution in [0, 0.1) is 11.3 Å². The molecular weight excluding hydrogens is 322 g/mol. The van der Waals surface area contributed by atoms with E-state index in [2.05, 4.69) is 17.0 Å². The normalized spacial score (nSPS) is 18.0. The number of hydrogen-bond acceptors (Lipinski definition) is 5. The Balaban J connectivity index is 1.64. The van der Waals surface area contributed by atoms with Crippen molar-refractivity contribution < 1.29 is 9.53 Å². The number of carbonyl (C=O) groups is 1. The van der Waals surface area contributed by atoms with E-state index < -0.39 is 0 Å². The molecule has 2 aliphatic rings. The topological polar surface area (TPSA) is 56.6 Å². The Morgan fingerprint density at radius 2 is 2.08 bits per heavy atom. The van der Waals surface area contributed by atoms with Gasteiger partial charge in [0.1, 0.15) is 0 Å². The van der Waals surface area contributed by atoms with Crippen molar-refractivity contribution in [2.24, 2.45) is 0 Å². The van der Waals surface area contributed by atoms with E-state index in [9.17, 15) is 4.79 Å². The second kappa shape index (κ2) is 8.61. The van der Waals surface area contributed by atoms with Gasteiger partial charge in [0.15, 0.2) is 0 Å². The minimum absolute atomic E-state index is 0.0953. The van der Waals surface area contributed by atoms with Crippen molar-refractivity contribution in [1.82, 2.24) is 9.80 Å². The molecule has 24 heavy (non-hydrogen) atoms. The van der Waals surface area contributed by atoms with Crippen LogP contribution in [0.2, 0.25) is 0 Å². The van der Waals surface area contributed by atoms with E-state index in [-0.39, 0.29) is 5.91 Å². The molecule has 0 bridgehead atoms. The predicted octanol–water partition coefficient (Wildman–Crippen LogP) is 2.31. The third kappa shape index (κ3) is 4.35. The fraction of sp³-hybridized carbons (Fsp3) is 0.667. The van der Waals surface area contributed by atoms with Crippen molar-refractivity contribution in [2.45, 2.75) is 32.1 Å². The van der Waals surface area contributed by atoms with Gasteiger partial charge in [-0.25, -0.2) is 0 Å². The third-order valence-electron chi connectivity index (χ3n) is 4.78. The Bertz CT molecular complexity index is 578. The number of aryl methyl sites for hydroxylation is 2. The monoisotopic (exact) mass is 347 g/mol. The minimum Gasteiger partial charge on any atom is -0.379 e. The molecule has 1 amide bonds. The van der Waals surface area contributed by atoms with E-state index in [1.54, 1.807) is 11.3 Å². The van der Waals surface area contributed by atoms with E-state index in [0.29, 0.717) is 19.5 Å². The highest BCUT2D eigenvalue weighted by Crippen LogP contribution is 2.30. The van der Waals surface area contributed by atoms with Gasteiger partial charge < -0.3 is 9.64 Å². The molecule has 1 aliphatic carbocycles. The summed E-state index contributed by atoms with van der Waals surface area (Å²) >= 11 is 1.66. The molecule has 0 N–H and O–H groups in total. The number of carbonyl (C=O) groups excluding carboxylic acids is 1. The van der Waals surface area contributed by atoms with Gasteiger partial charge in [-0.2, -0.15) is 5.26 Å². The average Bonchev–Trinajstić information content (AvgIpc) is 3.06. The van der Waals surface area contributed by atoms with Crippen LogP contribution in [0.15, 0.2) is 6.07 Å². The molecule has 0 radical (unpaired) electrons. The van der Waals surface area contributed by atoms with Gasteiger partial charge in [0.2, 0.25) is 0 Å². The zero-order valence-corrected chi connectivity index (χ0v) is 14.9. The summed E-state index contributed by atoms with van der Waals surface area (Å²) in [6, 6.07) is 4.26. The summed E-state index contributed by atoms with van der Waals surface area (Å²) in [6.45, 7) is 5.44. The predicted molar refractivity (Wildman–Crippen MR) is 94.4 cm³/mol. The van der Waals surface area contributed by atoms with E-state index in [0.717, 1.165) is 50.6 Å². The van der Waals surface area contributed by atoms with Crippen molar-refractivity contribution in [3.05, 3.63) is 21.4 Å². The van der Waals surface area contributed by atoms with Gasteiger partial charge in [-0.15, -0.1) is 11.3 Å². The smallest absolute Gasteiger partial charge is 0.264 e. The number of thiophene rings is 1. The van der Waals surface area contributed by atoms with Crippen LogP contribution >= 0.6 is 11.3 Å². The highest BCUT2D eigenvalue weighted by atomic mass is 32.1. The number of amides is 1. The second-order valence-corrected chi connectivity index (χ2v) is 7.56. The zero-order valence-electron chi connectivity index (χ0n) is 14.1. The molecule has 0 atom stereocenters. The third-order valence-corrected chi connectivity index (χ3v) is 6.00. The van der Waals surface area contributed by atoms with Gasteiger partial charge in [0, 0.05) is 37.6 Å². The summed E-state index contributed by atoms with van der Waals surface area (Å²) in [6.07, 6.45) is 5.06. The Morgan fingerprint density at radius 3 is 2.83 bits per heavy atom. The molecule has 130 valence electrons. The van der Waals surface area contributed by atoms with Crippen molar-refractivity contribution >= 4 is 17.2 Å². The van der Waals surface area contributed by atoms with Gasteiger partial charge in [-0.05, 0) is 37.3 Å². The van der Waals surface area contributed by atoms with Crippen molar-refractivity contribution in [2.75, 3.05) is 45.9 Å². The fourth-order valence-electron chi connectivity index (χ4n) is 3.34. The molecule has 1 aromatic rings. The lowest BCUT2D eigenvalue weighted by Gasteiger charge is -2.29. The van der Waals surface area contributed by atoms with E-state index in [4.69, 9.17) is 10.00 Å². The summed E-state index contributed by atoms with van der Waals surface area (Å²) in [5.41, 5.74) is 1.36. The summed E-state index contributed by atoms with van der Waals surface area (Å²) < 4.78 is 5.37. The maximum absolute atomic E-state index is 12.9. The molecule has 0 spiro atoms. The number of hydrogen-bond donors (Lipinski definition) is 0. The van der Waals surface area contributed by atoms with Crippen molar-refractivity contribution in [3.8, 4) is 6.07 Å². The summed E-state index contributed by atoms with van der Waals surface area (Å²) in [5.74, 6) is 0.0953. The Morgan fingerprint density at radius 1 is 1.29 bits per heavy atom. The summed E-state index contributed by atoms with van der Waals surface area (Å²) in [7, 11) is 0. The molecule has 1 saturated heterocycles. The van der Waals surface area contributed by atoms with E-state index >= 15 is 0 Å². The molecule has 6 heteroatoms. The average molecular weight is 347 g/mol. The van der Waals surface area contributed by atoms with Gasteiger partial charge in [0.25, 0.3) is 5.91 Å². The first-order chi connectivity index (χ1) is 11.8. The van der Waals surface area contributed by atoms with Gasteiger partial charge in [0.05, 0.1) is 30.6 Å². The summed E-state index contributed by atoms with van der Waals surface area (Å²) in [5, 5.41) is 8.90. The molecule has 1 aliphatic heterocycles. The molecule has 3 rings (SSSR count). The zero-order chi connectivity index (χ0) is 16.8. The molecule has 0 unspecified atom stereocenters. The fourth-order valence-corrected chi connectivity index (χ4v) is 4.56.